The molecule has 0 heterocycles. The Hall–Kier alpha value is -2.03. The van der Waals surface area contributed by atoms with Gasteiger partial charge in [0.2, 0.25) is 0 Å². The summed E-state index contributed by atoms with van der Waals surface area (Å²) < 4.78 is 45.6. The highest BCUT2D eigenvalue weighted by atomic mass is 28.4. The second-order valence-corrected chi connectivity index (χ2v) is 9.62. The highest BCUT2D eigenvalue weighted by Crippen LogP contribution is 2.31. The van der Waals surface area contributed by atoms with Crippen LogP contribution < -0.4 is 4.74 Å². The zero-order valence-electron chi connectivity index (χ0n) is 11.7. The van der Waals surface area contributed by atoms with Gasteiger partial charge in [-0.2, -0.15) is 10.5 Å². The monoisotopic (exact) mass is 314 g/mol. The number of halogens is 3. The predicted molar refractivity (Wildman–Crippen MR) is 70.5 cm³/mol. The van der Waals surface area contributed by atoms with Gasteiger partial charge < -0.3 is 9.16 Å². The molecule has 0 unspecified atom stereocenters. The lowest BCUT2D eigenvalue weighted by atomic mass is 9.97. The molecule has 0 N–H and O–H groups in total. The van der Waals surface area contributed by atoms with Crippen molar-refractivity contribution in [3.63, 3.8) is 0 Å². The normalized spacial score (nSPS) is 12.4. The number of ether oxygens (including phenoxy) is 1. The van der Waals surface area contributed by atoms with Gasteiger partial charge in [0.15, 0.2) is 8.32 Å². The molecule has 0 fully saturated rings. The molecule has 0 bridgehead atoms. The summed E-state index contributed by atoms with van der Waals surface area (Å²) in [6.45, 7) is 5.41. The van der Waals surface area contributed by atoms with E-state index < -0.39 is 26.0 Å². The molecule has 1 rings (SSSR count). The van der Waals surface area contributed by atoms with Gasteiger partial charge in [-0.25, -0.2) is 0 Å². The van der Waals surface area contributed by atoms with Crippen LogP contribution in [0.25, 0.3) is 0 Å². The summed E-state index contributed by atoms with van der Waals surface area (Å²) >= 11 is 0. The summed E-state index contributed by atoms with van der Waals surface area (Å²) in [6.07, 6.45) is -4.79. The Balaban J connectivity index is 3.13. The zero-order chi connectivity index (χ0) is 16.3. The molecule has 0 saturated carbocycles. The van der Waals surface area contributed by atoms with Crippen molar-refractivity contribution in [2.75, 3.05) is 0 Å². The maximum Gasteiger partial charge on any atom is 0.573 e. The maximum absolute atomic E-state index is 12.1. The molecule has 1 aromatic carbocycles. The van der Waals surface area contributed by atoms with E-state index in [-0.39, 0.29) is 5.56 Å². The van der Waals surface area contributed by atoms with Crippen molar-refractivity contribution in [3.8, 4) is 17.9 Å². The van der Waals surface area contributed by atoms with E-state index in [0.29, 0.717) is 0 Å². The van der Waals surface area contributed by atoms with Crippen molar-refractivity contribution >= 4 is 8.32 Å². The quantitative estimate of drug-likeness (QED) is 0.795. The first-order valence-corrected chi connectivity index (χ1v) is 9.31. The fourth-order valence-corrected chi connectivity index (χ4v) is 2.74. The van der Waals surface area contributed by atoms with Crippen LogP contribution in [0, 0.1) is 22.7 Å². The van der Waals surface area contributed by atoms with Gasteiger partial charge in [0.1, 0.15) is 17.9 Å². The molecule has 0 aromatic heterocycles. The highest BCUT2D eigenvalue weighted by Gasteiger charge is 2.39. The van der Waals surface area contributed by atoms with Crippen molar-refractivity contribution in [1.29, 1.82) is 10.5 Å². The molecule has 1 aromatic rings. The summed E-state index contributed by atoms with van der Waals surface area (Å²) in [5, 5.41) is 18.5. The average Bonchev–Trinajstić information content (AvgIpc) is 2.34. The topological polar surface area (TPSA) is 66.0 Å². The van der Waals surface area contributed by atoms with Crippen molar-refractivity contribution in [2.45, 2.75) is 31.6 Å². The molecular formula is C13H13F3N2O2Si. The van der Waals surface area contributed by atoms with Crippen molar-refractivity contribution in [1.82, 2.24) is 0 Å². The standard InChI is InChI=1S/C13H13F3N2O2Si/c1-21(2,3)20-12(8-17,9-18)10-4-6-11(7-5-10)19-13(14,15)16/h4-7H,1-3H3. The highest BCUT2D eigenvalue weighted by molar-refractivity contribution is 6.69. The Morgan fingerprint density at radius 3 is 1.81 bits per heavy atom. The van der Waals surface area contributed by atoms with E-state index in [4.69, 9.17) is 4.43 Å². The minimum atomic E-state index is -4.79. The Bertz CT molecular complexity index is 566. The summed E-state index contributed by atoms with van der Waals surface area (Å²) in [6, 6.07) is 8.10. The first kappa shape index (κ1) is 17.0. The molecule has 0 amide bonds. The number of benzene rings is 1. The number of hydrogen-bond acceptors (Lipinski definition) is 4. The van der Waals surface area contributed by atoms with Crippen LogP contribution in [0.15, 0.2) is 24.3 Å². The third-order valence-corrected chi connectivity index (χ3v) is 3.19. The second-order valence-electron chi connectivity index (χ2n) is 5.19. The second kappa shape index (κ2) is 5.76. The summed E-state index contributed by atoms with van der Waals surface area (Å²) in [5.41, 5.74) is -1.66. The number of nitrogens with zero attached hydrogens (tertiary/aromatic N) is 2. The molecule has 0 aliphatic rings. The summed E-state index contributed by atoms with van der Waals surface area (Å²) in [4.78, 5) is 0. The smallest absolute Gasteiger partial charge is 0.406 e. The number of rotatable bonds is 4. The zero-order valence-corrected chi connectivity index (χ0v) is 12.7. The van der Waals surface area contributed by atoms with Gasteiger partial charge in [0, 0.05) is 5.56 Å². The van der Waals surface area contributed by atoms with E-state index in [1.807, 2.05) is 0 Å². The molecule has 21 heavy (non-hydrogen) atoms. The van der Waals surface area contributed by atoms with Crippen LogP contribution in [-0.4, -0.2) is 14.7 Å². The molecule has 0 spiro atoms. The molecule has 4 nitrogen and oxygen atoms in total. The third kappa shape index (κ3) is 4.78. The van der Waals surface area contributed by atoms with Crippen LogP contribution in [0.5, 0.6) is 5.75 Å². The van der Waals surface area contributed by atoms with Gasteiger partial charge in [-0.05, 0) is 31.8 Å². The molecule has 0 radical (unpaired) electrons. The van der Waals surface area contributed by atoms with Gasteiger partial charge in [0.25, 0.3) is 5.60 Å². The van der Waals surface area contributed by atoms with Gasteiger partial charge in [0.05, 0.1) is 0 Å². The Labute approximate surface area is 121 Å². The Morgan fingerprint density at radius 2 is 1.48 bits per heavy atom. The van der Waals surface area contributed by atoms with Crippen LogP contribution in [-0.2, 0) is 10.0 Å². The van der Waals surface area contributed by atoms with E-state index in [0.717, 1.165) is 12.1 Å². The lowest BCUT2D eigenvalue weighted by Gasteiger charge is -2.28. The first-order chi connectivity index (χ1) is 9.51. The van der Waals surface area contributed by atoms with Gasteiger partial charge in [-0.15, -0.1) is 13.2 Å². The van der Waals surface area contributed by atoms with Crippen LogP contribution in [0.2, 0.25) is 19.6 Å². The van der Waals surface area contributed by atoms with E-state index in [2.05, 4.69) is 4.74 Å². The van der Waals surface area contributed by atoms with Crippen molar-refractivity contribution < 1.29 is 22.3 Å². The fourth-order valence-electron chi connectivity index (χ4n) is 1.61. The lowest BCUT2D eigenvalue weighted by molar-refractivity contribution is -0.274. The third-order valence-electron chi connectivity index (χ3n) is 2.27. The van der Waals surface area contributed by atoms with Crippen molar-refractivity contribution in [2.24, 2.45) is 0 Å². The SMILES string of the molecule is C[Si](C)(C)OC(C#N)(C#N)c1ccc(OC(F)(F)F)cc1. The molecule has 0 atom stereocenters. The van der Waals surface area contributed by atoms with Crippen molar-refractivity contribution in [3.05, 3.63) is 29.8 Å². The number of nitriles is 2. The van der Waals surface area contributed by atoms with Gasteiger partial charge in [-0.3, -0.25) is 0 Å². The Morgan fingerprint density at radius 1 is 1.00 bits per heavy atom. The summed E-state index contributed by atoms with van der Waals surface area (Å²) in [5.74, 6) is -0.427. The first-order valence-electron chi connectivity index (χ1n) is 5.90. The largest absolute Gasteiger partial charge is 0.573 e. The molecular weight excluding hydrogens is 301 g/mol. The van der Waals surface area contributed by atoms with E-state index >= 15 is 0 Å². The molecule has 0 aliphatic heterocycles. The van der Waals surface area contributed by atoms with E-state index in [1.165, 1.54) is 12.1 Å². The number of alkyl halides is 3. The van der Waals surface area contributed by atoms with Crippen LogP contribution >= 0.6 is 0 Å². The molecule has 0 saturated heterocycles. The molecule has 112 valence electrons. The number of hydrogen-bond donors (Lipinski definition) is 0. The molecule has 0 aliphatic carbocycles. The van der Waals surface area contributed by atoms with E-state index in [9.17, 15) is 23.7 Å². The van der Waals surface area contributed by atoms with Gasteiger partial charge in [-0.1, -0.05) is 12.1 Å². The summed E-state index contributed by atoms with van der Waals surface area (Å²) in [7, 11) is -2.23. The molecule has 8 heteroatoms. The lowest BCUT2D eigenvalue weighted by Crippen LogP contribution is -2.38. The fraction of sp³-hybridized carbons (Fsp3) is 0.385. The van der Waals surface area contributed by atoms with Crippen LogP contribution in [0.1, 0.15) is 5.56 Å². The maximum atomic E-state index is 12.1. The minimum Gasteiger partial charge on any atom is -0.406 e. The predicted octanol–water partition coefficient (Wildman–Crippen LogP) is 3.68. The Kier molecular flexibility index (Phi) is 4.67. The van der Waals surface area contributed by atoms with E-state index in [1.54, 1.807) is 31.8 Å². The van der Waals surface area contributed by atoms with Crippen LogP contribution in [0.4, 0.5) is 13.2 Å². The van der Waals surface area contributed by atoms with Gasteiger partial charge >= 0.3 is 6.36 Å². The average molecular weight is 314 g/mol. The minimum absolute atomic E-state index is 0.171. The van der Waals surface area contributed by atoms with Crippen LogP contribution in [0.3, 0.4) is 0 Å².